The molecule has 8 heteroatoms. The van der Waals surface area contributed by atoms with Crippen LogP contribution >= 0.6 is 0 Å². The van der Waals surface area contributed by atoms with Gasteiger partial charge in [0.1, 0.15) is 19.5 Å². The van der Waals surface area contributed by atoms with Crippen molar-refractivity contribution in [2.75, 3.05) is 0 Å². The molecule has 3 aromatic rings. The molecule has 0 spiro atoms. The fourth-order valence-corrected chi connectivity index (χ4v) is 1.78. The number of aryl methyl sites for hydroxylation is 1. The minimum absolute atomic E-state index is 0.0311. The Labute approximate surface area is 125 Å². The first kappa shape index (κ1) is 13.9. The molecule has 1 aromatic carbocycles. The third-order valence-electron chi connectivity index (χ3n) is 2.80. The van der Waals surface area contributed by atoms with Gasteiger partial charge in [0.05, 0.1) is 0 Å². The summed E-state index contributed by atoms with van der Waals surface area (Å²) in [6, 6.07) is 9.46. The standard InChI is InChI=1S/C14H13N5O3/c1-10-16-14(18-22-10)13-15-9-19(17-13)7-12(20)21-8-11-5-3-2-4-6-11/h2-6,9H,7-8H2,1H3. The Balaban J connectivity index is 1.57. The monoisotopic (exact) mass is 299 g/mol. The summed E-state index contributed by atoms with van der Waals surface area (Å²) < 4.78 is 11.4. The Kier molecular flexibility index (Phi) is 3.90. The van der Waals surface area contributed by atoms with Gasteiger partial charge in [-0.1, -0.05) is 35.5 Å². The molecule has 0 saturated carbocycles. The predicted octanol–water partition coefficient (Wildman–Crippen LogP) is 1.38. The first-order valence-corrected chi connectivity index (χ1v) is 6.60. The first-order valence-electron chi connectivity index (χ1n) is 6.60. The van der Waals surface area contributed by atoms with Crippen LogP contribution in [0, 0.1) is 6.92 Å². The molecule has 2 heterocycles. The molecule has 112 valence electrons. The lowest BCUT2D eigenvalue weighted by Crippen LogP contribution is -2.14. The van der Waals surface area contributed by atoms with Gasteiger partial charge in [0, 0.05) is 6.92 Å². The summed E-state index contributed by atoms with van der Waals surface area (Å²) in [7, 11) is 0. The van der Waals surface area contributed by atoms with Gasteiger partial charge in [-0.2, -0.15) is 4.98 Å². The van der Waals surface area contributed by atoms with E-state index in [1.807, 2.05) is 30.3 Å². The van der Waals surface area contributed by atoms with Crippen molar-refractivity contribution in [3.05, 3.63) is 48.1 Å². The van der Waals surface area contributed by atoms with Crippen molar-refractivity contribution in [2.24, 2.45) is 0 Å². The van der Waals surface area contributed by atoms with Crippen LogP contribution in [0.1, 0.15) is 11.5 Å². The summed E-state index contributed by atoms with van der Waals surface area (Å²) in [5.74, 6) is 0.611. The van der Waals surface area contributed by atoms with Gasteiger partial charge in [-0.3, -0.25) is 4.79 Å². The average molecular weight is 299 g/mol. The van der Waals surface area contributed by atoms with Crippen molar-refractivity contribution in [1.29, 1.82) is 0 Å². The minimum Gasteiger partial charge on any atom is -0.459 e. The van der Waals surface area contributed by atoms with E-state index < -0.39 is 5.97 Å². The lowest BCUT2D eigenvalue weighted by Gasteiger charge is -2.04. The van der Waals surface area contributed by atoms with Crippen LogP contribution in [-0.2, 0) is 22.7 Å². The van der Waals surface area contributed by atoms with Crippen molar-refractivity contribution in [1.82, 2.24) is 24.9 Å². The number of nitrogens with zero attached hydrogens (tertiary/aromatic N) is 5. The van der Waals surface area contributed by atoms with E-state index in [0.29, 0.717) is 11.7 Å². The third kappa shape index (κ3) is 3.35. The highest BCUT2D eigenvalue weighted by molar-refractivity contribution is 5.69. The SMILES string of the molecule is Cc1nc(-c2ncn(CC(=O)OCc3ccccc3)n2)no1. The maximum absolute atomic E-state index is 11.8. The van der Waals surface area contributed by atoms with Gasteiger partial charge >= 0.3 is 5.97 Å². The molecule has 2 aromatic heterocycles. The van der Waals surface area contributed by atoms with E-state index in [2.05, 4.69) is 20.2 Å². The predicted molar refractivity (Wildman–Crippen MR) is 74.3 cm³/mol. The summed E-state index contributed by atoms with van der Waals surface area (Å²) in [6.07, 6.45) is 1.42. The molecule has 3 rings (SSSR count). The van der Waals surface area contributed by atoms with E-state index in [4.69, 9.17) is 9.26 Å². The molecule has 0 aliphatic carbocycles. The quantitative estimate of drug-likeness (QED) is 0.656. The van der Waals surface area contributed by atoms with E-state index in [1.165, 1.54) is 11.0 Å². The summed E-state index contributed by atoms with van der Waals surface area (Å²) in [4.78, 5) is 19.8. The Morgan fingerprint density at radius 3 is 2.82 bits per heavy atom. The second kappa shape index (κ2) is 6.17. The summed E-state index contributed by atoms with van der Waals surface area (Å²) in [5.41, 5.74) is 0.928. The van der Waals surface area contributed by atoms with E-state index in [0.717, 1.165) is 5.56 Å². The lowest BCUT2D eigenvalue weighted by atomic mass is 10.2. The molecule has 0 N–H and O–H groups in total. The normalized spacial score (nSPS) is 10.6. The lowest BCUT2D eigenvalue weighted by molar-refractivity contribution is -0.145. The van der Waals surface area contributed by atoms with Crippen LogP contribution < -0.4 is 0 Å². The summed E-state index contributed by atoms with van der Waals surface area (Å²) in [5, 5.41) is 7.82. The van der Waals surface area contributed by atoms with Crippen molar-refractivity contribution >= 4 is 5.97 Å². The number of esters is 1. The van der Waals surface area contributed by atoms with Crippen LogP contribution in [0.2, 0.25) is 0 Å². The van der Waals surface area contributed by atoms with Gasteiger partial charge in [-0.25, -0.2) is 9.67 Å². The molecule has 0 amide bonds. The van der Waals surface area contributed by atoms with Crippen LogP contribution in [0.25, 0.3) is 11.6 Å². The summed E-state index contributed by atoms with van der Waals surface area (Å²) >= 11 is 0. The van der Waals surface area contributed by atoms with E-state index in [-0.39, 0.29) is 19.0 Å². The highest BCUT2D eigenvalue weighted by Gasteiger charge is 2.12. The van der Waals surface area contributed by atoms with E-state index in [1.54, 1.807) is 6.92 Å². The average Bonchev–Trinajstić information content (AvgIpc) is 3.15. The zero-order valence-electron chi connectivity index (χ0n) is 11.8. The molecule has 0 bridgehead atoms. The van der Waals surface area contributed by atoms with Crippen molar-refractivity contribution in [3.8, 4) is 11.6 Å². The number of ether oxygens (including phenoxy) is 1. The van der Waals surface area contributed by atoms with Gasteiger partial charge in [0.15, 0.2) is 0 Å². The maximum atomic E-state index is 11.8. The van der Waals surface area contributed by atoms with Crippen molar-refractivity contribution in [2.45, 2.75) is 20.1 Å². The number of benzene rings is 1. The fourth-order valence-electron chi connectivity index (χ4n) is 1.78. The van der Waals surface area contributed by atoms with E-state index in [9.17, 15) is 4.79 Å². The number of rotatable bonds is 5. The Morgan fingerprint density at radius 1 is 1.27 bits per heavy atom. The topological polar surface area (TPSA) is 95.9 Å². The molecule has 0 radical (unpaired) electrons. The zero-order chi connectivity index (χ0) is 15.4. The number of hydrogen-bond acceptors (Lipinski definition) is 7. The fraction of sp³-hybridized carbons (Fsp3) is 0.214. The van der Waals surface area contributed by atoms with Crippen molar-refractivity contribution < 1.29 is 14.1 Å². The second-order valence-corrected chi connectivity index (χ2v) is 4.55. The molecular formula is C14H13N5O3. The number of carbonyl (C=O) groups is 1. The van der Waals surface area contributed by atoms with Crippen LogP contribution in [0.3, 0.4) is 0 Å². The highest BCUT2D eigenvalue weighted by atomic mass is 16.5. The number of carbonyl (C=O) groups excluding carboxylic acids is 1. The van der Waals surface area contributed by atoms with Crippen LogP contribution in [0.5, 0.6) is 0 Å². The van der Waals surface area contributed by atoms with Crippen LogP contribution in [0.15, 0.2) is 41.2 Å². The molecule has 0 atom stereocenters. The first-order chi connectivity index (χ1) is 10.7. The molecule has 0 fully saturated rings. The van der Waals surface area contributed by atoms with Gasteiger partial charge in [0.2, 0.25) is 17.5 Å². The van der Waals surface area contributed by atoms with Gasteiger partial charge < -0.3 is 9.26 Å². The molecule has 0 unspecified atom stereocenters. The van der Waals surface area contributed by atoms with E-state index >= 15 is 0 Å². The molecule has 0 aliphatic rings. The molecular weight excluding hydrogens is 286 g/mol. The highest BCUT2D eigenvalue weighted by Crippen LogP contribution is 2.09. The Morgan fingerprint density at radius 2 is 2.09 bits per heavy atom. The summed E-state index contributed by atoms with van der Waals surface area (Å²) in [6.45, 7) is 1.87. The minimum atomic E-state index is -0.399. The molecule has 8 nitrogen and oxygen atoms in total. The smallest absolute Gasteiger partial charge is 0.328 e. The van der Waals surface area contributed by atoms with Crippen LogP contribution in [-0.4, -0.2) is 30.9 Å². The molecule has 0 aliphatic heterocycles. The zero-order valence-corrected chi connectivity index (χ0v) is 11.8. The third-order valence-corrected chi connectivity index (χ3v) is 2.80. The number of aromatic nitrogens is 5. The van der Waals surface area contributed by atoms with Crippen LogP contribution in [0.4, 0.5) is 0 Å². The maximum Gasteiger partial charge on any atom is 0.328 e. The van der Waals surface area contributed by atoms with Gasteiger partial charge in [0.25, 0.3) is 0 Å². The number of hydrogen-bond donors (Lipinski definition) is 0. The van der Waals surface area contributed by atoms with Gasteiger partial charge in [-0.05, 0) is 5.56 Å². The van der Waals surface area contributed by atoms with Gasteiger partial charge in [-0.15, -0.1) is 5.10 Å². The Bertz CT molecular complexity index is 766. The molecule has 0 saturated heterocycles. The largest absolute Gasteiger partial charge is 0.459 e. The van der Waals surface area contributed by atoms with Crippen molar-refractivity contribution in [3.63, 3.8) is 0 Å². The molecule has 22 heavy (non-hydrogen) atoms. The Hall–Kier alpha value is -3.03. The second-order valence-electron chi connectivity index (χ2n) is 4.55.